The van der Waals surface area contributed by atoms with Crippen LogP contribution in [0.5, 0.6) is 5.75 Å². The third-order valence-corrected chi connectivity index (χ3v) is 2.52. The largest absolute Gasteiger partial charge is 0.872 e. The summed E-state index contributed by atoms with van der Waals surface area (Å²) in [4.78, 5) is 9.95. The van der Waals surface area contributed by atoms with Crippen molar-refractivity contribution >= 4 is 17.6 Å². The van der Waals surface area contributed by atoms with Crippen LogP contribution in [0.3, 0.4) is 0 Å². The lowest BCUT2D eigenvalue weighted by molar-refractivity contribution is -0.385. The Hall–Kier alpha value is -3.03. The van der Waals surface area contributed by atoms with E-state index in [9.17, 15) is 24.0 Å². The van der Waals surface area contributed by atoms with E-state index in [1.807, 2.05) is 0 Å². The molecule has 0 atom stereocenters. The molecule has 0 spiro atoms. The molecule has 0 aliphatic carbocycles. The van der Waals surface area contributed by atoms with Gasteiger partial charge in [0.25, 0.3) is 5.69 Å². The molecule has 0 saturated heterocycles. The maximum atomic E-state index is 13.3. The highest BCUT2D eigenvalue weighted by atomic mass is 19.1. The minimum atomic E-state index is -0.853. The molecule has 0 aromatic heterocycles. The molecular formula is C13H8F2N3O3-. The molecule has 8 heteroatoms. The van der Waals surface area contributed by atoms with E-state index < -0.39 is 22.3 Å². The molecule has 21 heavy (non-hydrogen) atoms. The molecule has 0 aliphatic heterocycles. The second-order valence-corrected chi connectivity index (χ2v) is 3.97. The van der Waals surface area contributed by atoms with Crippen molar-refractivity contribution in [2.24, 2.45) is 5.10 Å². The molecule has 0 aliphatic rings. The number of non-ortho nitro benzene ring substituents is 1. The number of halogens is 2. The van der Waals surface area contributed by atoms with E-state index in [0.717, 1.165) is 36.5 Å². The molecule has 0 amide bonds. The second-order valence-electron chi connectivity index (χ2n) is 3.97. The van der Waals surface area contributed by atoms with Crippen molar-refractivity contribution in [2.75, 3.05) is 5.43 Å². The monoisotopic (exact) mass is 292 g/mol. The molecule has 0 fully saturated rings. The molecule has 0 heterocycles. The average molecular weight is 292 g/mol. The quantitative estimate of drug-likeness (QED) is 0.532. The van der Waals surface area contributed by atoms with Crippen LogP contribution in [0.25, 0.3) is 0 Å². The Bertz CT molecular complexity index is 720. The van der Waals surface area contributed by atoms with Crippen LogP contribution in [0.4, 0.5) is 20.2 Å². The third-order valence-electron chi connectivity index (χ3n) is 2.52. The van der Waals surface area contributed by atoms with E-state index in [1.54, 1.807) is 0 Å². The predicted molar refractivity (Wildman–Crippen MR) is 70.1 cm³/mol. The van der Waals surface area contributed by atoms with Crippen molar-refractivity contribution in [3.63, 3.8) is 0 Å². The number of hydrogen-bond donors (Lipinski definition) is 1. The number of hydrogen-bond acceptors (Lipinski definition) is 5. The molecule has 0 unspecified atom stereocenters. The summed E-state index contributed by atoms with van der Waals surface area (Å²) in [7, 11) is 0. The molecule has 108 valence electrons. The van der Waals surface area contributed by atoms with Crippen LogP contribution in [0, 0.1) is 21.7 Å². The van der Waals surface area contributed by atoms with Crippen LogP contribution in [0.15, 0.2) is 41.5 Å². The van der Waals surface area contributed by atoms with Crippen LogP contribution in [-0.2, 0) is 0 Å². The fourth-order valence-corrected chi connectivity index (χ4v) is 1.50. The average Bonchev–Trinajstić information content (AvgIpc) is 2.43. The van der Waals surface area contributed by atoms with Gasteiger partial charge in [-0.2, -0.15) is 5.10 Å². The molecule has 0 radical (unpaired) electrons. The van der Waals surface area contributed by atoms with E-state index >= 15 is 0 Å². The normalized spacial score (nSPS) is 10.8. The lowest BCUT2D eigenvalue weighted by Gasteiger charge is -2.08. The van der Waals surface area contributed by atoms with Crippen LogP contribution >= 0.6 is 0 Å². The maximum Gasteiger partial charge on any atom is 0.270 e. The first-order valence-electron chi connectivity index (χ1n) is 5.67. The van der Waals surface area contributed by atoms with Crippen LogP contribution in [-0.4, -0.2) is 11.1 Å². The number of nitrogens with one attached hydrogen (secondary N) is 1. The summed E-state index contributed by atoms with van der Waals surface area (Å²) in [5.41, 5.74) is 1.90. The summed E-state index contributed by atoms with van der Waals surface area (Å²) in [6, 6.07) is 6.00. The van der Waals surface area contributed by atoms with E-state index in [2.05, 4.69) is 10.5 Å². The van der Waals surface area contributed by atoms with E-state index in [4.69, 9.17) is 0 Å². The summed E-state index contributed by atoms with van der Waals surface area (Å²) in [5, 5.41) is 25.7. The molecule has 2 aromatic rings. The summed E-state index contributed by atoms with van der Waals surface area (Å²) < 4.78 is 26.0. The van der Waals surface area contributed by atoms with Gasteiger partial charge in [-0.15, -0.1) is 0 Å². The number of nitro groups is 1. The molecule has 0 saturated carbocycles. The van der Waals surface area contributed by atoms with Crippen molar-refractivity contribution in [3.8, 4) is 5.75 Å². The van der Waals surface area contributed by atoms with Gasteiger partial charge in [-0.25, -0.2) is 8.78 Å². The summed E-state index contributed by atoms with van der Waals surface area (Å²) in [6.07, 6.45) is 1.03. The van der Waals surface area contributed by atoms with Gasteiger partial charge in [-0.05, 0) is 17.7 Å². The van der Waals surface area contributed by atoms with Gasteiger partial charge < -0.3 is 5.11 Å². The number of anilines is 1. The number of rotatable bonds is 4. The summed E-state index contributed by atoms with van der Waals surface area (Å²) in [5.74, 6) is -2.05. The van der Waals surface area contributed by atoms with Gasteiger partial charge >= 0.3 is 0 Å². The number of nitrogens with zero attached hydrogens (tertiary/aromatic N) is 2. The minimum Gasteiger partial charge on any atom is -0.872 e. The van der Waals surface area contributed by atoms with Gasteiger partial charge in [0.05, 0.1) is 16.8 Å². The van der Waals surface area contributed by atoms with Crippen LogP contribution < -0.4 is 10.5 Å². The number of benzene rings is 2. The fraction of sp³-hybridized carbons (Fsp3) is 0. The molecule has 0 bridgehead atoms. The highest BCUT2D eigenvalue weighted by Gasteiger charge is 2.05. The molecule has 2 rings (SSSR count). The lowest BCUT2D eigenvalue weighted by Crippen LogP contribution is -2.00. The zero-order valence-corrected chi connectivity index (χ0v) is 10.4. The zero-order chi connectivity index (χ0) is 15.4. The smallest absolute Gasteiger partial charge is 0.270 e. The Balaban J connectivity index is 2.17. The zero-order valence-electron chi connectivity index (χ0n) is 10.4. The fourth-order valence-electron chi connectivity index (χ4n) is 1.50. The van der Waals surface area contributed by atoms with Gasteiger partial charge in [-0.1, -0.05) is 11.8 Å². The Morgan fingerprint density at radius 2 is 1.95 bits per heavy atom. The Kier molecular flexibility index (Phi) is 4.07. The lowest BCUT2D eigenvalue weighted by atomic mass is 10.2. The first kappa shape index (κ1) is 14.4. The number of nitro benzene ring substituents is 1. The van der Waals surface area contributed by atoms with Crippen molar-refractivity contribution in [1.29, 1.82) is 0 Å². The van der Waals surface area contributed by atoms with Crippen molar-refractivity contribution in [1.82, 2.24) is 0 Å². The molecular weight excluding hydrogens is 284 g/mol. The minimum absolute atomic E-state index is 0.0285. The second kappa shape index (κ2) is 5.95. The van der Waals surface area contributed by atoms with E-state index in [-0.39, 0.29) is 16.9 Å². The van der Waals surface area contributed by atoms with Gasteiger partial charge in [0, 0.05) is 18.2 Å². The molecule has 2 aromatic carbocycles. The highest BCUT2D eigenvalue weighted by Crippen LogP contribution is 2.19. The predicted octanol–water partition coefficient (Wildman–Crippen LogP) is 2.39. The van der Waals surface area contributed by atoms with Crippen LogP contribution in [0.2, 0.25) is 0 Å². The number of hydrazone groups is 1. The van der Waals surface area contributed by atoms with Crippen molar-refractivity contribution < 1.29 is 18.8 Å². The first-order chi connectivity index (χ1) is 9.97. The van der Waals surface area contributed by atoms with Crippen LogP contribution in [0.1, 0.15) is 5.56 Å². The topological polar surface area (TPSA) is 90.6 Å². The Morgan fingerprint density at radius 3 is 2.62 bits per heavy atom. The van der Waals surface area contributed by atoms with Crippen molar-refractivity contribution in [2.45, 2.75) is 0 Å². The van der Waals surface area contributed by atoms with E-state index in [0.29, 0.717) is 6.07 Å². The van der Waals surface area contributed by atoms with Gasteiger partial charge in [0.1, 0.15) is 5.82 Å². The summed E-state index contributed by atoms with van der Waals surface area (Å²) >= 11 is 0. The Morgan fingerprint density at radius 1 is 1.19 bits per heavy atom. The van der Waals surface area contributed by atoms with Gasteiger partial charge in [0.2, 0.25) is 0 Å². The van der Waals surface area contributed by atoms with E-state index in [1.165, 1.54) is 0 Å². The van der Waals surface area contributed by atoms with Gasteiger partial charge in [-0.3, -0.25) is 15.5 Å². The van der Waals surface area contributed by atoms with Gasteiger partial charge in [0.15, 0.2) is 5.82 Å². The third kappa shape index (κ3) is 3.50. The molecule has 6 nitrogen and oxygen atoms in total. The SMILES string of the molecule is O=[N+]([O-])c1ccc([O-])c(/C=N\Nc2ccc(F)cc2F)c1. The maximum absolute atomic E-state index is 13.3. The first-order valence-corrected chi connectivity index (χ1v) is 5.67. The highest BCUT2D eigenvalue weighted by molar-refractivity contribution is 5.84. The standard InChI is InChI=1S/C13H9F2N3O3/c14-9-1-3-12(11(15)6-9)17-16-7-8-5-10(18(20)21)2-4-13(8)19/h1-7,17,19H/p-1/b16-7-. The van der Waals surface area contributed by atoms with Crippen molar-refractivity contribution in [3.05, 3.63) is 63.7 Å². The molecule has 1 N–H and O–H groups in total. The summed E-state index contributed by atoms with van der Waals surface area (Å²) in [6.45, 7) is 0. The Labute approximate surface area is 117 Å².